The molecule has 0 saturated heterocycles. The van der Waals surface area contributed by atoms with E-state index >= 15 is 0 Å². The van der Waals surface area contributed by atoms with E-state index in [1.165, 1.54) is 18.4 Å². The van der Waals surface area contributed by atoms with E-state index in [0.717, 1.165) is 26.4 Å². The molecule has 0 aliphatic carbocycles. The fourth-order valence-electron chi connectivity index (χ4n) is 1.96. The van der Waals surface area contributed by atoms with Crippen molar-refractivity contribution in [3.8, 4) is 11.3 Å². The highest BCUT2D eigenvalue weighted by Gasteiger charge is 2.17. The van der Waals surface area contributed by atoms with E-state index in [-0.39, 0.29) is 5.91 Å². The first kappa shape index (κ1) is 16.8. The number of methoxy groups -OCH3 is 1. The predicted octanol–water partition coefficient (Wildman–Crippen LogP) is 4.67. The number of hydrogen-bond donors (Lipinski definition) is 1. The number of aromatic nitrogens is 1. The maximum atomic E-state index is 12.3. The SMILES string of the molecule is COC(=O)c1ccc(C(=O)Nc2nc(-c3ccccc3)c(Br)s2)s1. The van der Waals surface area contributed by atoms with Crippen molar-refractivity contribution in [2.75, 3.05) is 12.4 Å². The quantitative estimate of drug-likeness (QED) is 0.620. The number of nitrogens with one attached hydrogen (secondary N) is 1. The van der Waals surface area contributed by atoms with E-state index in [0.29, 0.717) is 14.9 Å². The van der Waals surface area contributed by atoms with Gasteiger partial charge in [0.15, 0.2) is 5.13 Å². The number of anilines is 1. The zero-order chi connectivity index (χ0) is 17.1. The highest BCUT2D eigenvalue weighted by Crippen LogP contribution is 2.35. The lowest BCUT2D eigenvalue weighted by Crippen LogP contribution is -2.09. The molecule has 122 valence electrons. The first-order valence-electron chi connectivity index (χ1n) is 6.79. The van der Waals surface area contributed by atoms with Gasteiger partial charge >= 0.3 is 5.97 Å². The summed E-state index contributed by atoms with van der Waals surface area (Å²) < 4.78 is 5.48. The maximum absolute atomic E-state index is 12.3. The molecule has 0 atom stereocenters. The summed E-state index contributed by atoms with van der Waals surface area (Å²) in [5, 5.41) is 3.24. The molecule has 1 aromatic carbocycles. The van der Waals surface area contributed by atoms with Gasteiger partial charge in [-0.3, -0.25) is 10.1 Å². The number of hydrogen-bond acceptors (Lipinski definition) is 6. The lowest BCUT2D eigenvalue weighted by atomic mass is 10.2. The molecular weight excluding hydrogens is 412 g/mol. The molecule has 3 aromatic rings. The monoisotopic (exact) mass is 422 g/mol. The molecule has 0 fully saturated rings. The van der Waals surface area contributed by atoms with Crippen molar-refractivity contribution >= 4 is 55.6 Å². The Morgan fingerprint density at radius 3 is 2.50 bits per heavy atom. The van der Waals surface area contributed by atoms with Crippen molar-refractivity contribution in [1.82, 2.24) is 4.98 Å². The third kappa shape index (κ3) is 3.55. The van der Waals surface area contributed by atoms with Crippen molar-refractivity contribution in [2.45, 2.75) is 0 Å². The standard InChI is InChI=1S/C16H11BrN2O3S2/c1-22-15(21)11-8-7-10(23-11)14(20)19-16-18-12(13(17)24-16)9-5-3-2-4-6-9/h2-8H,1H3,(H,18,19,20). The second-order valence-electron chi connectivity index (χ2n) is 4.62. The third-order valence-electron chi connectivity index (χ3n) is 3.07. The summed E-state index contributed by atoms with van der Waals surface area (Å²) >= 11 is 5.89. The number of carbonyl (C=O) groups excluding carboxylic acids is 2. The Balaban J connectivity index is 1.78. The number of thiophene rings is 1. The molecule has 3 rings (SSSR count). The Kier molecular flexibility index (Phi) is 5.08. The summed E-state index contributed by atoms with van der Waals surface area (Å²) in [6.07, 6.45) is 0. The van der Waals surface area contributed by atoms with Gasteiger partial charge in [0.25, 0.3) is 5.91 Å². The van der Waals surface area contributed by atoms with Gasteiger partial charge < -0.3 is 4.74 Å². The third-order valence-corrected chi connectivity index (χ3v) is 5.75. The smallest absolute Gasteiger partial charge is 0.348 e. The number of carbonyl (C=O) groups is 2. The van der Waals surface area contributed by atoms with Gasteiger partial charge in [0.05, 0.1) is 21.5 Å². The lowest BCUT2D eigenvalue weighted by molar-refractivity contribution is 0.0606. The Morgan fingerprint density at radius 2 is 1.79 bits per heavy atom. The average molecular weight is 423 g/mol. The molecule has 2 aromatic heterocycles. The van der Waals surface area contributed by atoms with Crippen LogP contribution in [0.4, 0.5) is 5.13 Å². The van der Waals surface area contributed by atoms with Gasteiger partial charge in [-0.1, -0.05) is 41.7 Å². The van der Waals surface area contributed by atoms with Crippen LogP contribution in [0.25, 0.3) is 11.3 Å². The predicted molar refractivity (Wildman–Crippen MR) is 98.9 cm³/mol. The van der Waals surface area contributed by atoms with Gasteiger partial charge in [-0.2, -0.15) is 0 Å². The van der Waals surface area contributed by atoms with E-state index in [1.807, 2.05) is 30.3 Å². The van der Waals surface area contributed by atoms with Crippen LogP contribution in [0.3, 0.4) is 0 Å². The summed E-state index contributed by atoms with van der Waals surface area (Å²) in [4.78, 5) is 29.0. The van der Waals surface area contributed by atoms with Crippen molar-refractivity contribution < 1.29 is 14.3 Å². The molecule has 0 bridgehead atoms. The van der Waals surface area contributed by atoms with Gasteiger partial charge in [0, 0.05) is 5.56 Å². The van der Waals surface area contributed by atoms with Gasteiger partial charge in [0.2, 0.25) is 0 Å². The molecule has 0 aliphatic heterocycles. The summed E-state index contributed by atoms with van der Waals surface area (Å²) in [6.45, 7) is 0. The van der Waals surface area contributed by atoms with Crippen LogP contribution in [0.5, 0.6) is 0 Å². The normalized spacial score (nSPS) is 10.4. The van der Waals surface area contributed by atoms with Crippen LogP contribution in [0.1, 0.15) is 19.3 Å². The molecule has 0 aliphatic rings. The number of rotatable bonds is 4. The molecule has 8 heteroatoms. The Morgan fingerprint density at radius 1 is 1.08 bits per heavy atom. The fraction of sp³-hybridized carbons (Fsp3) is 0.0625. The topological polar surface area (TPSA) is 68.3 Å². The molecule has 5 nitrogen and oxygen atoms in total. The van der Waals surface area contributed by atoms with Crippen LogP contribution in [0, 0.1) is 0 Å². The molecular formula is C16H11BrN2O3S2. The van der Waals surface area contributed by atoms with Gasteiger partial charge in [0.1, 0.15) is 4.88 Å². The van der Waals surface area contributed by atoms with Crippen LogP contribution < -0.4 is 5.32 Å². The number of amides is 1. The Bertz CT molecular complexity index is 890. The van der Waals surface area contributed by atoms with Crippen LogP contribution >= 0.6 is 38.6 Å². The Hall–Kier alpha value is -2.03. The fourth-order valence-corrected chi connectivity index (χ4v) is 4.27. The van der Waals surface area contributed by atoms with E-state index in [4.69, 9.17) is 0 Å². The summed E-state index contributed by atoms with van der Waals surface area (Å²) in [7, 11) is 1.31. The molecule has 0 spiro atoms. The second kappa shape index (κ2) is 7.25. The molecule has 0 unspecified atom stereocenters. The lowest BCUT2D eigenvalue weighted by Gasteiger charge is -1.98. The second-order valence-corrected chi connectivity index (χ2v) is 8.02. The molecule has 1 N–H and O–H groups in total. The molecule has 0 radical (unpaired) electrons. The molecule has 24 heavy (non-hydrogen) atoms. The number of esters is 1. The molecule has 2 heterocycles. The van der Waals surface area contributed by atoms with Crippen LogP contribution in [-0.4, -0.2) is 24.0 Å². The first-order chi connectivity index (χ1) is 11.6. The first-order valence-corrected chi connectivity index (χ1v) is 9.22. The number of nitrogens with zero attached hydrogens (tertiary/aromatic N) is 1. The van der Waals surface area contributed by atoms with Crippen LogP contribution in [0.15, 0.2) is 46.3 Å². The number of thiazole rings is 1. The summed E-state index contributed by atoms with van der Waals surface area (Å²) in [6, 6.07) is 12.9. The highest BCUT2D eigenvalue weighted by molar-refractivity contribution is 9.11. The minimum atomic E-state index is -0.456. The summed E-state index contributed by atoms with van der Waals surface area (Å²) in [5.74, 6) is -0.765. The van der Waals surface area contributed by atoms with Crippen molar-refractivity contribution in [3.63, 3.8) is 0 Å². The van der Waals surface area contributed by atoms with E-state index in [9.17, 15) is 9.59 Å². The van der Waals surface area contributed by atoms with Crippen molar-refractivity contribution in [1.29, 1.82) is 0 Å². The van der Waals surface area contributed by atoms with Gasteiger partial charge in [-0.15, -0.1) is 11.3 Å². The molecule has 1 amide bonds. The van der Waals surface area contributed by atoms with Crippen molar-refractivity contribution in [3.05, 3.63) is 56.0 Å². The average Bonchev–Trinajstić information content (AvgIpc) is 3.22. The van der Waals surface area contributed by atoms with Gasteiger partial charge in [-0.25, -0.2) is 9.78 Å². The summed E-state index contributed by atoms with van der Waals surface area (Å²) in [5.41, 5.74) is 1.74. The van der Waals surface area contributed by atoms with Crippen LogP contribution in [-0.2, 0) is 4.74 Å². The molecule has 0 saturated carbocycles. The zero-order valence-electron chi connectivity index (χ0n) is 12.4. The highest BCUT2D eigenvalue weighted by atomic mass is 79.9. The van der Waals surface area contributed by atoms with E-state index in [1.54, 1.807) is 12.1 Å². The van der Waals surface area contributed by atoms with Gasteiger partial charge in [-0.05, 0) is 28.1 Å². The zero-order valence-corrected chi connectivity index (χ0v) is 15.6. The number of halogens is 1. The largest absolute Gasteiger partial charge is 0.465 e. The van der Waals surface area contributed by atoms with Crippen molar-refractivity contribution in [2.24, 2.45) is 0 Å². The minimum Gasteiger partial charge on any atom is -0.465 e. The minimum absolute atomic E-state index is 0.309. The van der Waals surface area contributed by atoms with E-state index < -0.39 is 5.97 Å². The maximum Gasteiger partial charge on any atom is 0.348 e. The van der Waals surface area contributed by atoms with Crippen LogP contribution in [0.2, 0.25) is 0 Å². The van der Waals surface area contributed by atoms with E-state index in [2.05, 4.69) is 31.0 Å². The number of benzene rings is 1. The Labute approximate surface area is 154 Å². The number of ether oxygens (including phenoxy) is 1.